The highest BCUT2D eigenvalue weighted by Crippen LogP contribution is 1.85. The first-order valence-electron chi connectivity index (χ1n) is 3.93. The molecule has 0 amide bonds. The van der Waals surface area contributed by atoms with E-state index in [2.05, 4.69) is 16.8 Å². The smallest absolute Gasteiger partial charge is 0.0558 e. The lowest BCUT2D eigenvalue weighted by atomic mass is 10.4. The second-order valence-electron chi connectivity index (χ2n) is 2.42. The van der Waals surface area contributed by atoms with Crippen molar-refractivity contribution in [2.24, 2.45) is 0 Å². The van der Waals surface area contributed by atoms with Crippen LogP contribution in [0.15, 0.2) is 12.7 Å². The molecule has 11 heavy (non-hydrogen) atoms. The van der Waals surface area contributed by atoms with E-state index < -0.39 is 0 Å². The minimum Gasteiger partial charge on any atom is -0.395 e. The summed E-state index contributed by atoms with van der Waals surface area (Å²) in [6.45, 7) is 7.36. The fourth-order valence-corrected chi connectivity index (χ4v) is 0.888. The van der Waals surface area contributed by atoms with Crippen LogP contribution in [0.2, 0.25) is 0 Å². The number of nitrogens with one attached hydrogen (secondary N) is 1. The van der Waals surface area contributed by atoms with Crippen molar-refractivity contribution in [3.05, 3.63) is 12.7 Å². The fraction of sp³-hybridized carbons (Fsp3) is 0.750. The molecule has 0 saturated carbocycles. The molecule has 0 radical (unpaired) electrons. The van der Waals surface area contributed by atoms with Gasteiger partial charge in [-0.15, -0.1) is 6.58 Å². The molecule has 0 heterocycles. The Balaban J connectivity index is 3.41. The summed E-state index contributed by atoms with van der Waals surface area (Å²) >= 11 is 0. The molecule has 0 aromatic heterocycles. The van der Waals surface area contributed by atoms with Crippen LogP contribution in [0.3, 0.4) is 0 Å². The van der Waals surface area contributed by atoms with Crippen molar-refractivity contribution in [3.63, 3.8) is 0 Å². The van der Waals surface area contributed by atoms with Gasteiger partial charge in [0, 0.05) is 26.2 Å². The van der Waals surface area contributed by atoms with Crippen molar-refractivity contribution >= 4 is 0 Å². The first-order valence-corrected chi connectivity index (χ1v) is 3.93. The molecule has 0 saturated heterocycles. The average molecular weight is 158 g/mol. The van der Waals surface area contributed by atoms with E-state index in [0.29, 0.717) is 0 Å². The van der Waals surface area contributed by atoms with Crippen LogP contribution in [0.25, 0.3) is 0 Å². The normalized spacial score (nSPS) is 10.5. The summed E-state index contributed by atoms with van der Waals surface area (Å²) in [6, 6.07) is 0. The van der Waals surface area contributed by atoms with Crippen LogP contribution in [0, 0.1) is 0 Å². The molecule has 0 aromatic carbocycles. The van der Waals surface area contributed by atoms with Gasteiger partial charge in [-0.05, 0) is 7.05 Å². The predicted octanol–water partition coefficient (Wildman–Crippen LogP) is -0.314. The molecule has 3 heteroatoms. The fourth-order valence-electron chi connectivity index (χ4n) is 0.888. The van der Waals surface area contributed by atoms with Crippen molar-refractivity contribution in [1.82, 2.24) is 10.2 Å². The minimum atomic E-state index is 0.220. The predicted molar refractivity (Wildman–Crippen MR) is 47.6 cm³/mol. The van der Waals surface area contributed by atoms with Crippen LogP contribution in [0.5, 0.6) is 0 Å². The molecule has 0 rings (SSSR count). The second kappa shape index (κ2) is 7.72. The van der Waals surface area contributed by atoms with E-state index in [-0.39, 0.29) is 6.61 Å². The van der Waals surface area contributed by atoms with Gasteiger partial charge in [0.2, 0.25) is 0 Å². The van der Waals surface area contributed by atoms with E-state index in [9.17, 15) is 0 Å². The Hall–Kier alpha value is -0.380. The van der Waals surface area contributed by atoms with Crippen LogP contribution in [-0.4, -0.2) is 49.8 Å². The van der Waals surface area contributed by atoms with E-state index in [0.717, 1.165) is 26.2 Å². The van der Waals surface area contributed by atoms with E-state index in [4.69, 9.17) is 5.11 Å². The largest absolute Gasteiger partial charge is 0.395 e. The maximum absolute atomic E-state index is 8.67. The number of hydrogen-bond acceptors (Lipinski definition) is 3. The van der Waals surface area contributed by atoms with Crippen LogP contribution in [0.4, 0.5) is 0 Å². The Labute approximate surface area is 68.7 Å². The SMILES string of the molecule is C=CCN(CCO)CCNC. The van der Waals surface area contributed by atoms with E-state index in [1.165, 1.54) is 0 Å². The maximum atomic E-state index is 8.67. The molecule has 0 bridgehead atoms. The summed E-state index contributed by atoms with van der Waals surface area (Å²) in [7, 11) is 1.92. The number of likely N-dealkylation sites (N-methyl/N-ethyl adjacent to an activating group) is 1. The maximum Gasteiger partial charge on any atom is 0.0558 e. The molecule has 0 aliphatic heterocycles. The zero-order valence-corrected chi connectivity index (χ0v) is 7.21. The number of aliphatic hydroxyl groups is 1. The summed E-state index contributed by atoms with van der Waals surface area (Å²) in [5.74, 6) is 0. The standard InChI is InChI=1S/C8H18N2O/c1-3-5-10(7-8-11)6-4-9-2/h3,9,11H,1,4-8H2,2H3. The molecular weight excluding hydrogens is 140 g/mol. The number of hydrogen-bond donors (Lipinski definition) is 2. The lowest BCUT2D eigenvalue weighted by Gasteiger charge is -2.18. The highest BCUT2D eigenvalue weighted by Gasteiger charge is 1.98. The highest BCUT2D eigenvalue weighted by atomic mass is 16.3. The zero-order valence-electron chi connectivity index (χ0n) is 7.21. The molecule has 66 valence electrons. The third kappa shape index (κ3) is 6.04. The highest BCUT2D eigenvalue weighted by molar-refractivity contribution is 4.73. The molecule has 3 nitrogen and oxygen atoms in total. The van der Waals surface area contributed by atoms with Gasteiger partial charge >= 0.3 is 0 Å². The Morgan fingerprint density at radius 3 is 2.73 bits per heavy atom. The summed E-state index contributed by atoms with van der Waals surface area (Å²) in [5, 5.41) is 11.7. The van der Waals surface area contributed by atoms with Gasteiger partial charge in [0.15, 0.2) is 0 Å². The van der Waals surface area contributed by atoms with E-state index in [1.54, 1.807) is 0 Å². The first kappa shape index (κ1) is 10.6. The molecule has 0 aliphatic carbocycles. The molecule has 0 atom stereocenters. The quantitative estimate of drug-likeness (QED) is 0.499. The lowest BCUT2D eigenvalue weighted by molar-refractivity contribution is 0.209. The van der Waals surface area contributed by atoms with Crippen LogP contribution in [-0.2, 0) is 0 Å². The van der Waals surface area contributed by atoms with Gasteiger partial charge in [-0.2, -0.15) is 0 Å². The summed E-state index contributed by atoms with van der Waals surface area (Å²) in [6.07, 6.45) is 1.85. The summed E-state index contributed by atoms with van der Waals surface area (Å²) in [4.78, 5) is 2.14. The molecule has 0 aromatic rings. The Morgan fingerprint density at radius 1 is 1.55 bits per heavy atom. The van der Waals surface area contributed by atoms with Gasteiger partial charge in [0.25, 0.3) is 0 Å². The average Bonchev–Trinajstić information content (AvgIpc) is 2.01. The van der Waals surface area contributed by atoms with Gasteiger partial charge in [-0.1, -0.05) is 6.08 Å². The molecule has 0 unspecified atom stereocenters. The Morgan fingerprint density at radius 2 is 2.27 bits per heavy atom. The van der Waals surface area contributed by atoms with Gasteiger partial charge in [0.05, 0.1) is 6.61 Å². The third-order valence-electron chi connectivity index (χ3n) is 1.48. The molecule has 2 N–H and O–H groups in total. The van der Waals surface area contributed by atoms with Gasteiger partial charge in [0.1, 0.15) is 0 Å². The van der Waals surface area contributed by atoms with Crippen molar-refractivity contribution in [3.8, 4) is 0 Å². The molecule has 0 spiro atoms. The topological polar surface area (TPSA) is 35.5 Å². The first-order chi connectivity index (χ1) is 5.35. The summed E-state index contributed by atoms with van der Waals surface area (Å²) in [5.41, 5.74) is 0. The number of aliphatic hydroxyl groups excluding tert-OH is 1. The van der Waals surface area contributed by atoms with Gasteiger partial charge in [-0.3, -0.25) is 4.90 Å². The van der Waals surface area contributed by atoms with Crippen molar-refractivity contribution < 1.29 is 5.11 Å². The second-order valence-corrected chi connectivity index (χ2v) is 2.42. The van der Waals surface area contributed by atoms with E-state index in [1.807, 2.05) is 13.1 Å². The number of nitrogens with zero attached hydrogens (tertiary/aromatic N) is 1. The molecule has 0 fully saturated rings. The van der Waals surface area contributed by atoms with Crippen molar-refractivity contribution in [1.29, 1.82) is 0 Å². The van der Waals surface area contributed by atoms with Crippen LogP contribution >= 0.6 is 0 Å². The van der Waals surface area contributed by atoms with Crippen LogP contribution < -0.4 is 5.32 Å². The number of rotatable bonds is 7. The Bertz CT molecular complexity index is 96.1. The molecule has 0 aliphatic rings. The van der Waals surface area contributed by atoms with Crippen LogP contribution in [0.1, 0.15) is 0 Å². The third-order valence-corrected chi connectivity index (χ3v) is 1.48. The zero-order chi connectivity index (χ0) is 8.53. The van der Waals surface area contributed by atoms with Gasteiger partial charge < -0.3 is 10.4 Å². The minimum absolute atomic E-state index is 0.220. The van der Waals surface area contributed by atoms with Crippen molar-refractivity contribution in [2.45, 2.75) is 0 Å². The van der Waals surface area contributed by atoms with Crippen molar-refractivity contribution in [2.75, 3.05) is 39.8 Å². The lowest BCUT2D eigenvalue weighted by Crippen LogP contribution is -2.33. The monoisotopic (exact) mass is 158 g/mol. The van der Waals surface area contributed by atoms with Gasteiger partial charge in [-0.25, -0.2) is 0 Å². The molecular formula is C8H18N2O. The summed E-state index contributed by atoms with van der Waals surface area (Å²) < 4.78 is 0. The van der Waals surface area contributed by atoms with E-state index >= 15 is 0 Å². The Kier molecular flexibility index (Phi) is 7.46.